The van der Waals surface area contributed by atoms with Crippen LogP contribution in [-0.4, -0.2) is 69.4 Å². The number of quaternary nitrogens is 1. The number of anilines is 1. The monoisotopic (exact) mass is 338 g/mol. The number of nitrogens with zero attached hydrogens (tertiary/aromatic N) is 1. The molecular weight excluding hydrogens is 314 g/mol. The number of likely N-dealkylation sites (N-methyl/N-ethyl adjacent to an activating group) is 1. The number of benzene rings is 1. The fourth-order valence-electron chi connectivity index (χ4n) is 2.46. The van der Waals surface area contributed by atoms with Gasteiger partial charge in [0.1, 0.15) is 0 Å². The number of carbonyl (C=O) groups is 2. The van der Waals surface area contributed by atoms with Crippen LogP contribution in [0.3, 0.4) is 0 Å². The van der Waals surface area contributed by atoms with Crippen LogP contribution in [0.4, 0.5) is 5.69 Å². The third kappa shape index (κ3) is 5.53. The maximum Gasteiger partial charge on any atom is 0.279 e. The van der Waals surface area contributed by atoms with E-state index in [4.69, 9.17) is 4.74 Å². The van der Waals surface area contributed by atoms with Crippen molar-refractivity contribution < 1.29 is 19.2 Å². The maximum absolute atomic E-state index is 12.2. The fraction of sp³-hybridized carbons (Fsp3) is 0.500. The molecule has 0 saturated carbocycles. The van der Waals surface area contributed by atoms with E-state index in [0.29, 0.717) is 32.8 Å². The zero-order chi connectivity index (χ0) is 16.7. The van der Waals surface area contributed by atoms with E-state index in [-0.39, 0.29) is 18.4 Å². The third-order valence-corrected chi connectivity index (χ3v) is 4.46. The van der Waals surface area contributed by atoms with Crippen molar-refractivity contribution in [3.8, 4) is 0 Å². The number of para-hydroxylation sites is 1. The van der Waals surface area contributed by atoms with E-state index in [1.54, 1.807) is 16.7 Å². The summed E-state index contributed by atoms with van der Waals surface area (Å²) in [6, 6.07) is 7.70. The number of carbonyl (C=O) groups excluding carboxylic acids is 2. The Morgan fingerprint density at radius 2 is 1.96 bits per heavy atom. The minimum atomic E-state index is -0.0845. The molecule has 1 atom stereocenters. The lowest BCUT2D eigenvalue weighted by atomic mass is 10.3. The van der Waals surface area contributed by atoms with Gasteiger partial charge in [0, 0.05) is 18.0 Å². The van der Waals surface area contributed by atoms with Crippen LogP contribution in [-0.2, 0) is 14.3 Å². The zero-order valence-electron chi connectivity index (χ0n) is 13.6. The highest BCUT2D eigenvalue weighted by atomic mass is 32.2. The van der Waals surface area contributed by atoms with Gasteiger partial charge in [0.25, 0.3) is 11.8 Å². The lowest BCUT2D eigenvalue weighted by Crippen LogP contribution is -3.11. The predicted octanol–water partition coefficient (Wildman–Crippen LogP) is -0.279. The van der Waals surface area contributed by atoms with Crippen LogP contribution in [0.15, 0.2) is 29.2 Å². The normalized spacial score (nSPS) is 16.0. The minimum Gasteiger partial charge on any atom is -0.378 e. The van der Waals surface area contributed by atoms with Gasteiger partial charge >= 0.3 is 0 Å². The van der Waals surface area contributed by atoms with E-state index in [1.807, 2.05) is 37.6 Å². The highest BCUT2D eigenvalue weighted by molar-refractivity contribution is 7.98. The van der Waals surface area contributed by atoms with E-state index in [1.165, 1.54) is 0 Å². The Morgan fingerprint density at radius 3 is 2.65 bits per heavy atom. The van der Waals surface area contributed by atoms with Crippen LogP contribution in [0.5, 0.6) is 0 Å². The first-order valence-corrected chi connectivity index (χ1v) is 8.92. The van der Waals surface area contributed by atoms with Gasteiger partial charge in [0.05, 0.1) is 25.9 Å². The summed E-state index contributed by atoms with van der Waals surface area (Å²) in [6.45, 7) is 3.04. The second-order valence-corrected chi connectivity index (χ2v) is 6.40. The van der Waals surface area contributed by atoms with E-state index in [9.17, 15) is 9.59 Å². The van der Waals surface area contributed by atoms with Crippen molar-refractivity contribution in [2.45, 2.75) is 4.90 Å². The van der Waals surface area contributed by atoms with Gasteiger partial charge in [0.15, 0.2) is 13.1 Å². The topological polar surface area (TPSA) is 63.1 Å². The van der Waals surface area contributed by atoms with Crippen molar-refractivity contribution in [1.29, 1.82) is 0 Å². The summed E-state index contributed by atoms with van der Waals surface area (Å²) >= 11 is 1.59. The highest BCUT2D eigenvalue weighted by Gasteiger charge is 2.21. The molecule has 2 rings (SSSR count). The first kappa shape index (κ1) is 17.8. The summed E-state index contributed by atoms with van der Waals surface area (Å²) in [5.41, 5.74) is 0.817. The Kier molecular flexibility index (Phi) is 6.88. The van der Waals surface area contributed by atoms with Gasteiger partial charge in [-0.05, 0) is 18.4 Å². The SMILES string of the molecule is CSc1ccccc1NC(=O)C[NH+](C)CC(=O)N1CCOCC1. The number of hydrogen-bond acceptors (Lipinski definition) is 4. The second-order valence-electron chi connectivity index (χ2n) is 5.55. The maximum atomic E-state index is 12.2. The first-order chi connectivity index (χ1) is 11.1. The number of hydrogen-bond donors (Lipinski definition) is 2. The lowest BCUT2D eigenvalue weighted by molar-refractivity contribution is -0.862. The Labute approximate surface area is 141 Å². The quantitative estimate of drug-likeness (QED) is 0.701. The van der Waals surface area contributed by atoms with Gasteiger partial charge in [-0.1, -0.05) is 12.1 Å². The molecule has 1 aromatic rings. The highest BCUT2D eigenvalue weighted by Crippen LogP contribution is 2.24. The number of ether oxygens (including phenoxy) is 1. The smallest absolute Gasteiger partial charge is 0.279 e. The molecule has 1 saturated heterocycles. The lowest BCUT2D eigenvalue weighted by Gasteiger charge is -2.27. The Balaban J connectivity index is 1.81. The molecular formula is C16H24N3O3S+. The van der Waals surface area contributed by atoms with Crippen molar-refractivity contribution >= 4 is 29.3 Å². The van der Waals surface area contributed by atoms with Crippen LogP contribution in [0, 0.1) is 0 Å². The molecule has 126 valence electrons. The van der Waals surface area contributed by atoms with Gasteiger partial charge in [0.2, 0.25) is 0 Å². The van der Waals surface area contributed by atoms with Crippen molar-refractivity contribution in [3.05, 3.63) is 24.3 Å². The third-order valence-electron chi connectivity index (χ3n) is 3.66. The van der Waals surface area contributed by atoms with Crippen molar-refractivity contribution in [2.24, 2.45) is 0 Å². The van der Waals surface area contributed by atoms with Crippen LogP contribution in [0.2, 0.25) is 0 Å². The van der Waals surface area contributed by atoms with Crippen molar-refractivity contribution in [1.82, 2.24) is 4.90 Å². The second kappa shape index (κ2) is 8.90. The summed E-state index contributed by atoms with van der Waals surface area (Å²) in [5.74, 6) is -0.0121. The molecule has 0 bridgehead atoms. The summed E-state index contributed by atoms with van der Waals surface area (Å²) in [7, 11) is 1.86. The van der Waals surface area contributed by atoms with Crippen LogP contribution < -0.4 is 10.2 Å². The number of thioether (sulfide) groups is 1. The van der Waals surface area contributed by atoms with E-state index >= 15 is 0 Å². The molecule has 2 amide bonds. The predicted molar refractivity (Wildman–Crippen MR) is 90.9 cm³/mol. The Bertz CT molecular complexity index is 547. The summed E-state index contributed by atoms with van der Waals surface area (Å²) in [6.07, 6.45) is 1.98. The van der Waals surface area contributed by atoms with Crippen molar-refractivity contribution in [3.63, 3.8) is 0 Å². The Hall–Kier alpha value is -1.57. The molecule has 0 radical (unpaired) electrons. The van der Waals surface area contributed by atoms with E-state index < -0.39 is 0 Å². The molecule has 0 aliphatic carbocycles. The van der Waals surface area contributed by atoms with Gasteiger partial charge in [-0.15, -0.1) is 11.8 Å². The van der Waals surface area contributed by atoms with Crippen molar-refractivity contribution in [2.75, 3.05) is 58.0 Å². The molecule has 1 aliphatic rings. The number of morpholine rings is 1. The van der Waals surface area contributed by atoms with Gasteiger partial charge in [-0.3, -0.25) is 9.59 Å². The molecule has 1 fully saturated rings. The molecule has 2 N–H and O–H groups in total. The van der Waals surface area contributed by atoms with Crippen LogP contribution >= 0.6 is 11.8 Å². The molecule has 1 heterocycles. The Morgan fingerprint density at radius 1 is 1.26 bits per heavy atom. The average molecular weight is 338 g/mol. The molecule has 1 aromatic carbocycles. The first-order valence-electron chi connectivity index (χ1n) is 7.70. The number of amides is 2. The molecule has 0 spiro atoms. The molecule has 7 heteroatoms. The minimum absolute atomic E-state index is 0.0723. The fourth-order valence-corrected chi connectivity index (χ4v) is 3.02. The number of nitrogens with one attached hydrogen (secondary N) is 2. The summed E-state index contributed by atoms with van der Waals surface area (Å²) in [5, 5.41) is 2.92. The average Bonchev–Trinajstić information content (AvgIpc) is 2.55. The van der Waals surface area contributed by atoms with Gasteiger partial charge in [-0.2, -0.15) is 0 Å². The van der Waals surface area contributed by atoms with Crippen LogP contribution in [0.25, 0.3) is 0 Å². The molecule has 0 aromatic heterocycles. The van der Waals surface area contributed by atoms with Crippen LogP contribution in [0.1, 0.15) is 0 Å². The molecule has 1 unspecified atom stereocenters. The largest absolute Gasteiger partial charge is 0.378 e. The molecule has 1 aliphatic heterocycles. The van der Waals surface area contributed by atoms with E-state index in [2.05, 4.69) is 5.32 Å². The standard InChI is InChI=1S/C16H23N3O3S/c1-18(12-16(21)19-7-9-22-10-8-19)11-15(20)17-13-5-3-4-6-14(13)23-2/h3-6H,7-12H2,1-2H3,(H,17,20)/p+1. The summed E-state index contributed by atoms with van der Waals surface area (Å²) < 4.78 is 5.24. The molecule has 23 heavy (non-hydrogen) atoms. The van der Waals surface area contributed by atoms with Gasteiger partial charge in [-0.25, -0.2) is 0 Å². The molecule has 6 nitrogen and oxygen atoms in total. The summed E-state index contributed by atoms with van der Waals surface area (Å²) in [4.78, 5) is 28.0. The van der Waals surface area contributed by atoms with E-state index in [0.717, 1.165) is 15.5 Å². The zero-order valence-corrected chi connectivity index (χ0v) is 14.4. The van der Waals surface area contributed by atoms with Gasteiger partial charge < -0.3 is 19.9 Å². The number of rotatable bonds is 6.